The van der Waals surface area contributed by atoms with Crippen molar-refractivity contribution in [3.63, 3.8) is 0 Å². The van der Waals surface area contributed by atoms with Crippen LogP contribution >= 0.6 is 0 Å². The van der Waals surface area contributed by atoms with Crippen LogP contribution in [0.5, 0.6) is 0 Å². The first-order valence-corrected chi connectivity index (χ1v) is 11.8. The summed E-state index contributed by atoms with van der Waals surface area (Å²) in [5.74, 6) is 0.535. The van der Waals surface area contributed by atoms with E-state index in [1.807, 2.05) is 71.7 Å². The standard InChI is InChI=1S/C27H27N7O/c1-3-8-25(22-10-5-4-9-19(22)2)34-16-15-33(27(34)35)18-21-14-13-20(17-28-21)23-11-6-7-12-24(23)26-29-31-32-30-26/h4-7,9-17,25H,3,8,18H2,1-2H3,(H,29,30,31,32). The minimum absolute atomic E-state index is 0.0203. The van der Waals surface area contributed by atoms with Crippen LogP contribution < -0.4 is 5.69 Å². The molecule has 0 aliphatic heterocycles. The first kappa shape index (κ1) is 22.5. The van der Waals surface area contributed by atoms with Crippen molar-refractivity contribution in [2.45, 2.75) is 39.3 Å². The monoisotopic (exact) mass is 465 g/mol. The van der Waals surface area contributed by atoms with Gasteiger partial charge in [-0.05, 0) is 41.3 Å². The van der Waals surface area contributed by atoms with Crippen molar-refractivity contribution < 1.29 is 0 Å². The van der Waals surface area contributed by atoms with Gasteiger partial charge >= 0.3 is 5.69 Å². The van der Waals surface area contributed by atoms with Crippen LogP contribution in [0.2, 0.25) is 0 Å². The average molecular weight is 466 g/mol. The number of benzene rings is 2. The number of H-pyrrole nitrogens is 1. The highest BCUT2D eigenvalue weighted by molar-refractivity contribution is 5.79. The Kier molecular flexibility index (Phi) is 6.34. The lowest BCUT2D eigenvalue weighted by molar-refractivity contribution is 0.506. The molecule has 0 spiro atoms. The molecule has 0 bridgehead atoms. The van der Waals surface area contributed by atoms with E-state index in [4.69, 9.17) is 0 Å². The van der Waals surface area contributed by atoms with Crippen LogP contribution in [-0.4, -0.2) is 34.7 Å². The number of pyridine rings is 1. The van der Waals surface area contributed by atoms with E-state index in [9.17, 15) is 4.79 Å². The summed E-state index contributed by atoms with van der Waals surface area (Å²) in [6, 6.07) is 20.1. The molecule has 0 saturated heterocycles. The van der Waals surface area contributed by atoms with E-state index in [0.717, 1.165) is 35.2 Å². The fourth-order valence-corrected chi connectivity index (χ4v) is 4.52. The zero-order valence-corrected chi connectivity index (χ0v) is 19.8. The molecule has 8 heteroatoms. The van der Waals surface area contributed by atoms with Crippen molar-refractivity contribution in [1.82, 2.24) is 34.7 Å². The van der Waals surface area contributed by atoms with Crippen LogP contribution in [0.15, 0.2) is 84.0 Å². The van der Waals surface area contributed by atoms with E-state index in [1.54, 1.807) is 4.57 Å². The summed E-state index contributed by atoms with van der Waals surface area (Å²) in [4.78, 5) is 18.0. The Morgan fingerprint density at radius 2 is 1.77 bits per heavy atom. The molecule has 3 aromatic heterocycles. The van der Waals surface area contributed by atoms with Crippen LogP contribution in [0.3, 0.4) is 0 Å². The van der Waals surface area contributed by atoms with Gasteiger partial charge in [0.1, 0.15) is 0 Å². The summed E-state index contributed by atoms with van der Waals surface area (Å²) in [6.07, 6.45) is 7.46. The molecule has 1 atom stereocenters. The SMILES string of the molecule is CCCC(c1ccccc1C)n1ccn(Cc2ccc(-c3ccccc3-c3nn[nH]n3)cn2)c1=O. The van der Waals surface area contributed by atoms with Crippen molar-refractivity contribution in [1.29, 1.82) is 0 Å². The highest BCUT2D eigenvalue weighted by atomic mass is 16.1. The molecule has 5 rings (SSSR count). The summed E-state index contributed by atoms with van der Waals surface area (Å²) in [7, 11) is 0. The van der Waals surface area contributed by atoms with E-state index < -0.39 is 0 Å². The molecular formula is C27H27N7O. The number of aromatic nitrogens is 7. The Balaban J connectivity index is 1.40. The zero-order valence-electron chi connectivity index (χ0n) is 19.8. The summed E-state index contributed by atoms with van der Waals surface area (Å²) in [6.45, 7) is 4.66. The third-order valence-corrected chi connectivity index (χ3v) is 6.30. The van der Waals surface area contributed by atoms with Gasteiger partial charge in [-0.2, -0.15) is 5.21 Å². The van der Waals surface area contributed by atoms with Gasteiger partial charge in [0.25, 0.3) is 0 Å². The maximum Gasteiger partial charge on any atom is 0.329 e. The van der Waals surface area contributed by atoms with Gasteiger partial charge in [0.15, 0.2) is 0 Å². The summed E-state index contributed by atoms with van der Waals surface area (Å²) in [5, 5.41) is 14.4. The van der Waals surface area contributed by atoms with Crippen LogP contribution in [0, 0.1) is 6.92 Å². The van der Waals surface area contributed by atoms with E-state index in [0.29, 0.717) is 12.4 Å². The molecule has 0 amide bonds. The first-order valence-electron chi connectivity index (χ1n) is 11.8. The second-order valence-corrected chi connectivity index (χ2v) is 8.60. The normalized spacial score (nSPS) is 12.1. The third-order valence-electron chi connectivity index (χ3n) is 6.30. The summed E-state index contributed by atoms with van der Waals surface area (Å²) >= 11 is 0. The van der Waals surface area contributed by atoms with E-state index in [1.165, 1.54) is 11.1 Å². The Bertz CT molecular complexity index is 1470. The Labute approximate surface area is 203 Å². The number of hydrogen-bond acceptors (Lipinski definition) is 5. The fraction of sp³-hybridized carbons (Fsp3) is 0.222. The molecule has 1 N–H and O–H groups in total. The predicted octanol–water partition coefficient (Wildman–Crippen LogP) is 4.64. The maximum atomic E-state index is 13.3. The zero-order chi connectivity index (χ0) is 24.2. The predicted molar refractivity (Wildman–Crippen MR) is 135 cm³/mol. The number of imidazole rings is 1. The maximum absolute atomic E-state index is 13.3. The fourth-order valence-electron chi connectivity index (χ4n) is 4.52. The minimum atomic E-state index is -0.0277. The molecule has 2 aromatic carbocycles. The van der Waals surface area contributed by atoms with E-state index in [-0.39, 0.29) is 11.7 Å². The lowest BCUT2D eigenvalue weighted by Crippen LogP contribution is -2.28. The first-order chi connectivity index (χ1) is 17.2. The molecule has 1 unspecified atom stereocenters. The lowest BCUT2D eigenvalue weighted by Gasteiger charge is -2.19. The van der Waals surface area contributed by atoms with Gasteiger partial charge in [-0.25, -0.2) is 4.79 Å². The second kappa shape index (κ2) is 9.89. The Morgan fingerprint density at radius 1 is 0.971 bits per heavy atom. The highest BCUT2D eigenvalue weighted by Gasteiger charge is 2.18. The molecule has 35 heavy (non-hydrogen) atoms. The topological polar surface area (TPSA) is 94.3 Å². The number of rotatable bonds is 8. The molecule has 3 heterocycles. The Morgan fingerprint density at radius 3 is 2.49 bits per heavy atom. The van der Waals surface area contributed by atoms with Gasteiger partial charge < -0.3 is 0 Å². The third kappa shape index (κ3) is 4.55. The molecule has 8 nitrogen and oxygen atoms in total. The van der Waals surface area contributed by atoms with Crippen molar-refractivity contribution in [3.05, 3.63) is 107 Å². The molecule has 0 saturated carbocycles. The Hall–Kier alpha value is -4.33. The molecule has 176 valence electrons. The van der Waals surface area contributed by atoms with Gasteiger partial charge in [-0.3, -0.25) is 14.1 Å². The molecule has 0 radical (unpaired) electrons. The number of hydrogen-bond donors (Lipinski definition) is 1. The molecular weight excluding hydrogens is 438 g/mol. The van der Waals surface area contributed by atoms with Crippen LogP contribution in [0.4, 0.5) is 0 Å². The average Bonchev–Trinajstić information content (AvgIpc) is 3.55. The summed E-state index contributed by atoms with van der Waals surface area (Å²) < 4.78 is 3.57. The lowest BCUT2D eigenvalue weighted by atomic mass is 9.98. The van der Waals surface area contributed by atoms with Gasteiger partial charge in [0, 0.05) is 29.7 Å². The van der Waals surface area contributed by atoms with E-state index in [2.05, 4.69) is 51.6 Å². The van der Waals surface area contributed by atoms with Crippen LogP contribution in [-0.2, 0) is 6.54 Å². The highest BCUT2D eigenvalue weighted by Crippen LogP contribution is 2.29. The smallest absolute Gasteiger partial charge is 0.293 e. The van der Waals surface area contributed by atoms with Crippen molar-refractivity contribution in [3.8, 4) is 22.5 Å². The quantitative estimate of drug-likeness (QED) is 0.360. The largest absolute Gasteiger partial charge is 0.329 e. The number of aryl methyl sites for hydroxylation is 1. The second-order valence-electron chi connectivity index (χ2n) is 8.60. The van der Waals surface area contributed by atoms with Crippen molar-refractivity contribution in [2.75, 3.05) is 0 Å². The number of nitrogens with zero attached hydrogens (tertiary/aromatic N) is 6. The van der Waals surface area contributed by atoms with Crippen LogP contribution in [0.25, 0.3) is 22.5 Å². The summed E-state index contributed by atoms with van der Waals surface area (Å²) in [5.41, 5.74) is 5.97. The number of tetrazole rings is 1. The molecule has 0 aliphatic rings. The van der Waals surface area contributed by atoms with Crippen molar-refractivity contribution >= 4 is 0 Å². The molecule has 0 fully saturated rings. The number of aromatic amines is 1. The van der Waals surface area contributed by atoms with Gasteiger partial charge in [0.2, 0.25) is 5.82 Å². The van der Waals surface area contributed by atoms with Gasteiger partial charge in [-0.15, -0.1) is 10.2 Å². The van der Waals surface area contributed by atoms with Gasteiger partial charge in [0.05, 0.1) is 18.3 Å². The van der Waals surface area contributed by atoms with E-state index >= 15 is 0 Å². The molecule has 5 aromatic rings. The number of nitrogens with one attached hydrogen (secondary N) is 1. The van der Waals surface area contributed by atoms with Crippen molar-refractivity contribution in [2.24, 2.45) is 0 Å². The van der Waals surface area contributed by atoms with Gasteiger partial charge in [-0.1, -0.05) is 67.9 Å². The minimum Gasteiger partial charge on any atom is -0.293 e. The van der Waals surface area contributed by atoms with Crippen LogP contribution in [0.1, 0.15) is 42.6 Å². The molecule has 0 aliphatic carbocycles.